The van der Waals surface area contributed by atoms with Gasteiger partial charge in [-0.2, -0.15) is 0 Å². The zero-order valence-corrected chi connectivity index (χ0v) is 10.3. The van der Waals surface area contributed by atoms with Crippen molar-refractivity contribution in [1.82, 2.24) is 5.32 Å². The normalized spacial score (nSPS) is 28.8. The Hall–Kier alpha value is -0.610. The van der Waals surface area contributed by atoms with Crippen molar-refractivity contribution in [2.45, 2.75) is 57.6 Å². The first kappa shape index (κ1) is 13.5. The van der Waals surface area contributed by atoms with Crippen LogP contribution >= 0.6 is 0 Å². The lowest BCUT2D eigenvalue weighted by Gasteiger charge is -2.24. The molecule has 16 heavy (non-hydrogen) atoms. The van der Waals surface area contributed by atoms with Gasteiger partial charge in [0.2, 0.25) is 5.91 Å². The van der Waals surface area contributed by atoms with E-state index in [1.165, 1.54) is 0 Å². The molecule has 4 nitrogen and oxygen atoms in total. The predicted molar refractivity (Wildman–Crippen MR) is 63.9 cm³/mol. The summed E-state index contributed by atoms with van der Waals surface area (Å²) in [5.74, 6) is -0.0567. The van der Waals surface area contributed by atoms with Crippen molar-refractivity contribution < 1.29 is 9.90 Å². The summed E-state index contributed by atoms with van der Waals surface area (Å²) in [7, 11) is 0. The summed E-state index contributed by atoms with van der Waals surface area (Å²) in [6, 6.07) is -0.00359. The molecule has 4 N–H and O–H groups in total. The van der Waals surface area contributed by atoms with Crippen LogP contribution in [0.2, 0.25) is 0 Å². The molecular formula is C12H24N2O2. The molecule has 0 aromatic heterocycles. The van der Waals surface area contributed by atoms with Gasteiger partial charge in [-0.25, -0.2) is 0 Å². The first-order chi connectivity index (χ1) is 7.46. The molecular weight excluding hydrogens is 204 g/mol. The minimum atomic E-state index is -0.799. The van der Waals surface area contributed by atoms with E-state index in [4.69, 9.17) is 5.73 Å². The van der Waals surface area contributed by atoms with E-state index in [0.29, 0.717) is 13.0 Å². The third-order valence-corrected chi connectivity index (χ3v) is 3.34. The van der Waals surface area contributed by atoms with Gasteiger partial charge in [-0.3, -0.25) is 4.79 Å². The van der Waals surface area contributed by atoms with Gasteiger partial charge in [0.05, 0.1) is 11.5 Å². The Bertz CT molecular complexity index is 241. The summed E-state index contributed by atoms with van der Waals surface area (Å²) in [5, 5.41) is 12.7. The SMILES string of the molecule is CCCC(C)(O)CNC(=O)C1CCCC1N. The summed E-state index contributed by atoms with van der Waals surface area (Å²) >= 11 is 0. The van der Waals surface area contributed by atoms with Gasteiger partial charge < -0.3 is 16.2 Å². The summed E-state index contributed by atoms with van der Waals surface area (Å²) in [6.07, 6.45) is 4.45. The molecule has 0 spiro atoms. The third-order valence-electron chi connectivity index (χ3n) is 3.34. The van der Waals surface area contributed by atoms with Crippen LogP contribution in [0.15, 0.2) is 0 Å². The van der Waals surface area contributed by atoms with E-state index in [1.54, 1.807) is 6.92 Å². The summed E-state index contributed by atoms with van der Waals surface area (Å²) in [4.78, 5) is 11.8. The van der Waals surface area contributed by atoms with Crippen LogP contribution in [0.5, 0.6) is 0 Å². The summed E-state index contributed by atoms with van der Waals surface area (Å²) < 4.78 is 0. The van der Waals surface area contributed by atoms with Crippen LogP contribution < -0.4 is 11.1 Å². The van der Waals surface area contributed by atoms with Gasteiger partial charge in [-0.15, -0.1) is 0 Å². The van der Waals surface area contributed by atoms with Crippen LogP contribution in [-0.4, -0.2) is 29.2 Å². The van der Waals surface area contributed by atoms with Crippen LogP contribution in [0.4, 0.5) is 0 Å². The average molecular weight is 228 g/mol. The fraction of sp³-hybridized carbons (Fsp3) is 0.917. The van der Waals surface area contributed by atoms with E-state index in [-0.39, 0.29) is 17.9 Å². The molecule has 1 saturated carbocycles. The van der Waals surface area contributed by atoms with Crippen molar-refractivity contribution in [2.24, 2.45) is 11.7 Å². The fourth-order valence-electron chi connectivity index (χ4n) is 2.35. The maximum absolute atomic E-state index is 11.8. The number of carbonyl (C=O) groups is 1. The number of rotatable bonds is 5. The molecule has 0 aromatic carbocycles. The molecule has 0 heterocycles. The molecule has 1 aliphatic rings. The highest BCUT2D eigenvalue weighted by atomic mass is 16.3. The van der Waals surface area contributed by atoms with Crippen molar-refractivity contribution in [3.8, 4) is 0 Å². The van der Waals surface area contributed by atoms with E-state index in [9.17, 15) is 9.90 Å². The lowest BCUT2D eigenvalue weighted by atomic mass is 9.99. The molecule has 0 saturated heterocycles. The molecule has 0 aliphatic heterocycles. The van der Waals surface area contributed by atoms with Gasteiger partial charge in [-0.05, 0) is 26.2 Å². The Morgan fingerprint density at radius 2 is 2.25 bits per heavy atom. The molecule has 4 heteroatoms. The van der Waals surface area contributed by atoms with Crippen LogP contribution in [0.1, 0.15) is 46.0 Å². The zero-order chi connectivity index (χ0) is 12.2. The van der Waals surface area contributed by atoms with Crippen molar-refractivity contribution in [1.29, 1.82) is 0 Å². The molecule has 3 unspecified atom stereocenters. The van der Waals surface area contributed by atoms with Gasteiger partial charge >= 0.3 is 0 Å². The van der Waals surface area contributed by atoms with Gasteiger partial charge in [-0.1, -0.05) is 19.8 Å². The Balaban J connectivity index is 2.34. The number of nitrogens with one attached hydrogen (secondary N) is 1. The van der Waals surface area contributed by atoms with Crippen LogP contribution in [0.25, 0.3) is 0 Å². The highest BCUT2D eigenvalue weighted by Gasteiger charge is 2.31. The highest BCUT2D eigenvalue weighted by molar-refractivity contribution is 5.79. The van der Waals surface area contributed by atoms with Crippen LogP contribution in [0, 0.1) is 5.92 Å². The maximum atomic E-state index is 11.8. The van der Waals surface area contributed by atoms with E-state index >= 15 is 0 Å². The number of hydrogen-bond donors (Lipinski definition) is 3. The number of hydrogen-bond acceptors (Lipinski definition) is 3. The second-order valence-electron chi connectivity index (χ2n) is 5.17. The maximum Gasteiger partial charge on any atom is 0.224 e. The van der Waals surface area contributed by atoms with Gasteiger partial charge in [0.15, 0.2) is 0 Å². The first-order valence-corrected chi connectivity index (χ1v) is 6.22. The van der Waals surface area contributed by atoms with Crippen LogP contribution in [-0.2, 0) is 4.79 Å². The minimum absolute atomic E-state index is 0.00128. The molecule has 0 bridgehead atoms. The third kappa shape index (κ3) is 3.76. The molecule has 94 valence electrons. The monoisotopic (exact) mass is 228 g/mol. The lowest BCUT2D eigenvalue weighted by Crippen LogP contribution is -2.45. The number of carbonyl (C=O) groups excluding carboxylic acids is 1. The summed E-state index contributed by atoms with van der Waals surface area (Å²) in [6.45, 7) is 4.09. The number of aliphatic hydroxyl groups is 1. The van der Waals surface area contributed by atoms with E-state index in [1.807, 2.05) is 6.92 Å². The van der Waals surface area contributed by atoms with Gasteiger partial charge in [0.25, 0.3) is 0 Å². The zero-order valence-electron chi connectivity index (χ0n) is 10.3. The van der Waals surface area contributed by atoms with Gasteiger partial charge in [0.1, 0.15) is 0 Å². The molecule has 3 atom stereocenters. The Kier molecular flexibility index (Phi) is 4.74. The lowest BCUT2D eigenvalue weighted by molar-refractivity contribution is -0.126. The van der Waals surface area contributed by atoms with Crippen LogP contribution in [0.3, 0.4) is 0 Å². The molecule has 1 rings (SSSR count). The van der Waals surface area contributed by atoms with Crippen molar-refractivity contribution in [2.75, 3.05) is 6.54 Å². The summed E-state index contributed by atoms with van der Waals surface area (Å²) in [5.41, 5.74) is 5.06. The van der Waals surface area contributed by atoms with E-state index in [2.05, 4.69) is 5.32 Å². The number of nitrogens with two attached hydrogens (primary N) is 1. The molecule has 1 aliphatic carbocycles. The van der Waals surface area contributed by atoms with Gasteiger partial charge in [0, 0.05) is 12.6 Å². The molecule has 1 fully saturated rings. The highest BCUT2D eigenvalue weighted by Crippen LogP contribution is 2.24. The Morgan fingerprint density at radius 1 is 1.56 bits per heavy atom. The smallest absolute Gasteiger partial charge is 0.224 e. The second-order valence-corrected chi connectivity index (χ2v) is 5.17. The molecule has 0 aromatic rings. The number of amides is 1. The van der Waals surface area contributed by atoms with Crippen molar-refractivity contribution in [3.05, 3.63) is 0 Å². The van der Waals surface area contributed by atoms with E-state index < -0.39 is 5.60 Å². The van der Waals surface area contributed by atoms with E-state index in [0.717, 1.165) is 25.7 Å². The Morgan fingerprint density at radius 3 is 2.75 bits per heavy atom. The quantitative estimate of drug-likeness (QED) is 0.651. The standard InChI is InChI=1S/C12H24N2O2/c1-3-7-12(2,16)8-14-11(15)9-5-4-6-10(9)13/h9-10,16H,3-8,13H2,1-2H3,(H,14,15). The Labute approximate surface area is 97.6 Å². The average Bonchev–Trinajstić information content (AvgIpc) is 2.61. The fourth-order valence-corrected chi connectivity index (χ4v) is 2.35. The first-order valence-electron chi connectivity index (χ1n) is 6.22. The molecule has 1 amide bonds. The predicted octanol–water partition coefficient (Wildman–Crippen LogP) is 0.781. The van der Waals surface area contributed by atoms with Crippen molar-refractivity contribution >= 4 is 5.91 Å². The topological polar surface area (TPSA) is 75.3 Å². The minimum Gasteiger partial charge on any atom is -0.388 e. The molecule has 0 radical (unpaired) electrons. The van der Waals surface area contributed by atoms with Crippen molar-refractivity contribution in [3.63, 3.8) is 0 Å². The second kappa shape index (κ2) is 5.64. The largest absolute Gasteiger partial charge is 0.388 e.